The Morgan fingerprint density at radius 2 is 2.15 bits per heavy atom. The van der Waals surface area contributed by atoms with Crippen molar-refractivity contribution >= 4 is 5.69 Å². The molecule has 20 heavy (non-hydrogen) atoms. The summed E-state index contributed by atoms with van der Waals surface area (Å²) < 4.78 is 5.57. The van der Waals surface area contributed by atoms with Gasteiger partial charge >= 0.3 is 0 Å². The van der Waals surface area contributed by atoms with Crippen LogP contribution in [0.3, 0.4) is 0 Å². The molecular weight excluding hydrogens is 250 g/mol. The molecule has 4 heteroatoms. The predicted octanol–water partition coefficient (Wildman–Crippen LogP) is 2.76. The lowest BCUT2D eigenvalue weighted by atomic mass is 9.98. The van der Waals surface area contributed by atoms with Gasteiger partial charge in [-0.15, -0.1) is 0 Å². The van der Waals surface area contributed by atoms with E-state index in [1.165, 1.54) is 0 Å². The summed E-state index contributed by atoms with van der Waals surface area (Å²) in [6.07, 6.45) is 3.52. The van der Waals surface area contributed by atoms with Crippen molar-refractivity contribution in [2.75, 3.05) is 18.9 Å². The van der Waals surface area contributed by atoms with E-state index in [0.29, 0.717) is 6.61 Å². The van der Waals surface area contributed by atoms with Crippen LogP contribution in [0.1, 0.15) is 31.0 Å². The monoisotopic (exact) mass is 271 g/mol. The van der Waals surface area contributed by atoms with Crippen molar-refractivity contribution in [2.24, 2.45) is 0 Å². The van der Waals surface area contributed by atoms with Gasteiger partial charge in [0.15, 0.2) is 0 Å². The van der Waals surface area contributed by atoms with Crippen LogP contribution in [-0.2, 0) is 0 Å². The second-order valence-electron chi connectivity index (χ2n) is 4.50. The van der Waals surface area contributed by atoms with E-state index in [9.17, 15) is 0 Å². The maximum atomic E-state index is 6.07. The molecule has 1 unspecified atom stereocenters. The first kappa shape index (κ1) is 14.3. The van der Waals surface area contributed by atoms with Crippen molar-refractivity contribution in [2.45, 2.75) is 19.9 Å². The fraction of sp³-hybridized carbons (Fsp3) is 0.312. The molecule has 1 atom stereocenters. The van der Waals surface area contributed by atoms with Crippen LogP contribution in [0, 0.1) is 0 Å². The van der Waals surface area contributed by atoms with Crippen LogP contribution in [0.15, 0.2) is 42.7 Å². The lowest BCUT2D eigenvalue weighted by molar-refractivity contribution is 0.339. The number of aromatic nitrogens is 1. The van der Waals surface area contributed by atoms with Gasteiger partial charge < -0.3 is 15.8 Å². The third-order valence-electron chi connectivity index (χ3n) is 3.11. The number of nitrogens with two attached hydrogens (primary N) is 1. The molecular formula is C16H21N3O. The Kier molecular flexibility index (Phi) is 4.96. The van der Waals surface area contributed by atoms with Crippen LogP contribution in [-0.4, -0.2) is 18.1 Å². The van der Waals surface area contributed by atoms with Gasteiger partial charge in [0.25, 0.3) is 0 Å². The zero-order chi connectivity index (χ0) is 14.4. The standard InChI is InChI=1S/C16H21N3O/c1-3-19-16(14-11-18-9-8-15(14)17)12-6-5-7-13(10-12)20-4-2/h5-11,16,19H,3-4H2,1-2H3,(H2,17,18). The van der Waals surface area contributed by atoms with Gasteiger partial charge in [0, 0.05) is 23.6 Å². The molecule has 3 N–H and O–H groups in total. The first-order valence-electron chi connectivity index (χ1n) is 6.91. The smallest absolute Gasteiger partial charge is 0.119 e. The van der Waals surface area contributed by atoms with E-state index >= 15 is 0 Å². The molecule has 0 aliphatic rings. The van der Waals surface area contributed by atoms with Gasteiger partial charge in [0.05, 0.1) is 12.6 Å². The Balaban J connectivity index is 2.38. The number of nitrogens with one attached hydrogen (secondary N) is 1. The van der Waals surface area contributed by atoms with E-state index in [1.54, 1.807) is 6.20 Å². The molecule has 0 aliphatic carbocycles. The SMILES string of the molecule is CCNC(c1cccc(OCC)c1)c1cnccc1N. The van der Waals surface area contributed by atoms with Gasteiger partial charge in [-0.2, -0.15) is 0 Å². The highest BCUT2D eigenvalue weighted by Gasteiger charge is 2.16. The number of anilines is 1. The maximum Gasteiger partial charge on any atom is 0.119 e. The van der Waals surface area contributed by atoms with Crippen LogP contribution in [0.5, 0.6) is 5.75 Å². The van der Waals surface area contributed by atoms with Crippen LogP contribution in [0.4, 0.5) is 5.69 Å². The molecule has 0 bridgehead atoms. The fourth-order valence-corrected chi connectivity index (χ4v) is 2.22. The predicted molar refractivity (Wildman–Crippen MR) is 81.8 cm³/mol. The van der Waals surface area contributed by atoms with Crippen LogP contribution < -0.4 is 15.8 Å². The largest absolute Gasteiger partial charge is 0.494 e. The van der Waals surface area contributed by atoms with Gasteiger partial charge in [-0.3, -0.25) is 4.98 Å². The molecule has 0 amide bonds. The van der Waals surface area contributed by atoms with Crippen molar-refractivity contribution < 1.29 is 4.74 Å². The molecule has 0 radical (unpaired) electrons. The lowest BCUT2D eigenvalue weighted by Crippen LogP contribution is -2.23. The summed E-state index contributed by atoms with van der Waals surface area (Å²) in [4.78, 5) is 4.18. The molecule has 2 aromatic rings. The summed E-state index contributed by atoms with van der Waals surface area (Å²) in [6.45, 7) is 5.56. The van der Waals surface area contributed by atoms with Crippen LogP contribution in [0.25, 0.3) is 0 Å². The van der Waals surface area contributed by atoms with E-state index in [2.05, 4.69) is 23.3 Å². The summed E-state index contributed by atoms with van der Waals surface area (Å²) in [7, 11) is 0. The number of benzene rings is 1. The number of hydrogen-bond acceptors (Lipinski definition) is 4. The number of pyridine rings is 1. The molecule has 1 aromatic heterocycles. The zero-order valence-corrected chi connectivity index (χ0v) is 12.0. The molecule has 2 rings (SSSR count). The second kappa shape index (κ2) is 6.91. The minimum absolute atomic E-state index is 0.0223. The van der Waals surface area contributed by atoms with E-state index in [4.69, 9.17) is 10.5 Å². The maximum absolute atomic E-state index is 6.07. The average molecular weight is 271 g/mol. The summed E-state index contributed by atoms with van der Waals surface area (Å²) in [5.74, 6) is 0.871. The minimum atomic E-state index is 0.0223. The quantitative estimate of drug-likeness (QED) is 0.848. The van der Waals surface area contributed by atoms with E-state index in [-0.39, 0.29) is 6.04 Å². The molecule has 1 aromatic carbocycles. The van der Waals surface area contributed by atoms with Crippen LogP contribution in [0.2, 0.25) is 0 Å². The lowest BCUT2D eigenvalue weighted by Gasteiger charge is -2.20. The number of ether oxygens (including phenoxy) is 1. The Labute approximate surface area is 120 Å². The molecule has 0 saturated heterocycles. The fourth-order valence-electron chi connectivity index (χ4n) is 2.22. The Morgan fingerprint density at radius 3 is 2.85 bits per heavy atom. The third-order valence-corrected chi connectivity index (χ3v) is 3.11. The molecule has 1 heterocycles. The van der Waals surface area contributed by atoms with Crippen LogP contribution >= 0.6 is 0 Å². The van der Waals surface area contributed by atoms with Crippen molar-refractivity contribution in [1.29, 1.82) is 0 Å². The Morgan fingerprint density at radius 1 is 1.30 bits per heavy atom. The van der Waals surface area contributed by atoms with Gasteiger partial charge in [-0.05, 0) is 37.2 Å². The van der Waals surface area contributed by atoms with Gasteiger partial charge in [0.2, 0.25) is 0 Å². The average Bonchev–Trinajstić information content (AvgIpc) is 2.46. The Hall–Kier alpha value is -2.07. The molecule has 0 aliphatic heterocycles. The molecule has 0 saturated carbocycles. The summed E-state index contributed by atoms with van der Waals surface area (Å²) in [5.41, 5.74) is 8.93. The number of nitrogens with zero attached hydrogens (tertiary/aromatic N) is 1. The zero-order valence-electron chi connectivity index (χ0n) is 12.0. The molecule has 0 spiro atoms. The highest BCUT2D eigenvalue weighted by atomic mass is 16.5. The first-order chi connectivity index (χ1) is 9.76. The molecule has 0 fully saturated rings. The first-order valence-corrected chi connectivity index (χ1v) is 6.91. The van der Waals surface area contributed by atoms with Crippen molar-refractivity contribution in [3.63, 3.8) is 0 Å². The number of nitrogen functional groups attached to an aromatic ring is 1. The Bertz CT molecular complexity index is 557. The second-order valence-corrected chi connectivity index (χ2v) is 4.50. The third kappa shape index (κ3) is 3.27. The van der Waals surface area contributed by atoms with E-state index < -0.39 is 0 Å². The summed E-state index contributed by atoms with van der Waals surface area (Å²) in [6, 6.07) is 9.92. The van der Waals surface area contributed by atoms with Crippen molar-refractivity contribution in [3.05, 3.63) is 53.9 Å². The number of rotatable bonds is 6. The molecule has 4 nitrogen and oxygen atoms in total. The summed E-state index contributed by atoms with van der Waals surface area (Å²) >= 11 is 0. The normalized spacial score (nSPS) is 12.1. The number of hydrogen-bond donors (Lipinski definition) is 2. The van der Waals surface area contributed by atoms with E-state index in [1.807, 2.05) is 37.4 Å². The minimum Gasteiger partial charge on any atom is -0.494 e. The molecule has 106 valence electrons. The van der Waals surface area contributed by atoms with Crippen molar-refractivity contribution in [1.82, 2.24) is 10.3 Å². The summed E-state index contributed by atoms with van der Waals surface area (Å²) in [5, 5.41) is 3.45. The van der Waals surface area contributed by atoms with Crippen molar-refractivity contribution in [3.8, 4) is 5.75 Å². The van der Waals surface area contributed by atoms with E-state index in [0.717, 1.165) is 29.1 Å². The van der Waals surface area contributed by atoms with Gasteiger partial charge in [-0.25, -0.2) is 0 Å². The topological polar surface area (TPSA) is 60.2 Å². The highest BCUT2D eigenvalue weighted by Crippen LogP contribution is 2.28. The van der Waals surface area contributed by atoms with Gasteiger partial charge in [-0.1, -0.05) is 19.1 Å². The van der Waals surface area contributed by atoms with Gasteiger partial charge in [0.1, 0.15) is 5.75 Å². The highest BCUT2D eigenvalue weighted by molar-refractivity contribution is 5.50.